The van der Waals surface area contributed by atoms with Gasteiger partial charge >= 0.3 is 0 Å². The third kappa shape index (κ3) is 3.46. The summed E-state index contributed by atoms with van der Waals surface area (Å²) in [4.78, 5) is 0. The van der Waals surface area contributed by atoms with E-state index in [4.69, 9.17) is 21.1 Å². The van der Waals surface area contributed by atoms with Crippen LogP contribution < -0.4 is 9.47 Å². The highest BCUT2D eigenvalue weighted by atomic mass is 79.9. The van der Waals surface area contributed by atoms with Crippen molar-refractivity contribution in [2.45, 2.75) is 25.4 Å². The lowest BCUT2D eigenvalue weighted by Crippen LogP contribution is -1.99. The van der Waals surface area contributed by atoms with Crippen molar-refractivity contribution in [2.24, 2.45) is 0 Å². The van der Waals surface area contributed by atoms with E-state index in [0.717, 1.165) is 17.7 Å². The van der Waals surface area contributed by atoms with Crippen molar-refractivity contribution in [1.29, 1.82) is 0 Å². The Balaban J connectivity index is 2.16. The lowest BCUT2D eigenvalue weighted by Gasteiger charge is -2.13. The molecule has 1 aromatic carbocycles. The van der Waals surface area contributed by atoms with Crippen molar-refractivity contribution in [2.75, 3.05) is 7.11 Å². The Bertz CT molecular complexity index is 587. The molecule has 0 fully saturated rings. The topological polar surface area (TPSA) is 36.3 Å². The molecule has 2 rings (SSSR count). The number of nitrogens with zero attached hydrogens (tertiary/aromatic N) is 2. The standard InChI is InChI=1S/C14H16BrClN2O2/c1-3-18-8-11(7-17-18)9-20-14-12(16)4-10(6-15)5-13(14)19-2/h4-5,7-8H,3,6,9H2,1-2H3. The molecule has 0 aliphatic heterocycles. The summed E-state index contributed by atoms with van der Waals surface area (Å²) >= 11 is 9.64. The molecule has 108 valence electrons. The molecule has 0 aliphatic rings. The average Bonchev–Trinajstić information content (AvgIpc) is 2.93. The highest BCUT2D eigenvalue weighted by Gasteiger charge is 2.12. The highest BCUT2D eigenvalue weighted by Crippen LogP contribution is 2.37. The van der Waals surface area contributed by atoms with Crippen molar-refractivity contribution in [3.8, 4) is 11.5 Å². The number of ether oxygens (including phenoxy) is 2. The Morgan fingerprint density at radius 2 is 2.15 bits per heavy atom. The van der Waals surface area contributed by atoms with Crippen LogP contribution in [0.1, 0.15) is 18.1 Å². The van der Waals surface area contributed by atoms with Crippen LogP contribution in [0.15, 0.2) is 24.5 Å². The van der Waals surface area contributed by atoms with E-state index in [2.05, 4.69) is 21.0 Å². The van der Waals surface area contributed by atoms with E-state index in [9.17, 15) is 0 Å². The van der Waals surface area contributed by atoms with Gasteiger partial charge in [0.05, 0.1) is 18.3 Å². The van der Waals surface area contributed by atoms with Gasteiger partial charge in [0.1, 0.15) is 6.61 Å². The van der Waals surface area contributed by atoms with E-state index in [1.54, 1.807) is 13.3 Å². The molecular formula is C14H16BrClN2O2. The molecule has 20 heavy (non-hydrogen) atoms. The summed E-state index contributed by atoms with van der Waals surface area (Å²) in [5, 5.41) is 5.46. The molecule has 0 bridgehead atoms. The third-order valence-electron chi connectivity index (χ3n) is 2.84. The van der Waals surface area contributed by atoms with Gasteiger partial charge in [-0.1, -0.05) is 27.5 Å². The number of hydrogen-bond acceptors (Lipinski definition) is 3. The first-order valence-corrected chi connectivity index (χ1v) is 7.74. The van der Waals surface area contributed by atoms with E-state index >= 15 is 0 Å². The summed E-state index contributed by atoms with van der Waals surface area (Å²) in [6, 6.07) is 3.77. The summed E-state index contributed by atoms with van der Waals surface area (Å²) in [6.07, 6.45) is 3.74. The predicted octanol–water partition coefficient (Wildman–Crippen LogP) is 4.04. The Labute approximate surface area is 131 Å². The molecule has 6 heteroatoms. The van der Waals surface area contributed by atoms with Crippen LogP contribution >= 0.6 is 27.5 Å². The summed E-state index contributed by atoms with van der Waals surface area (Å²) in [5.41, 5.74) is 2.03. The van der Waals surface area contributed by atoms with Crippen molar-refractivity contribution in [1.82, 2.24) is 9.78 Å². The van der Waals surface area contributed by atoms with Crippen molar-refractivity contribution < 1.29 is 9.47 Å². The first-order valence-electron chi connectivity index (χ1n) is 6.24. The molecule has 0 aliphatic carbocycles. The minimum absolute atomic E-state index is 0.406. The zero-order valence-corrected chi connectivity index (χ0v) is 13.7. The molecule has 4 nitrogen and oxygen atoms in total. The average molecular weight is 360 g/mol. The van der Waals surface area contributed by atoms with Crippen LogP contribution in [-0.4, -0.2) is 16.9 Å². The van der Waals surface area contributed by atoms with Gasteiger partial charge in [-0.2, -0.15) is 5.10 Å². The number of aryl methyl sites for hydroxylation is 1. The fraction of sp³-hybridized carbons (Fsp3) is 0.357. The number of alkyl halides is 1. The van der Waals surface area contributed by atoms with Crippen LogP contribution in [0.3, 0.4) is 0 Å². The first-order chi connectivity index (χ1) is 9.67. The predicted molar refractivity (Wildman–Crippen MR) is 82.9 cm³/mol. The number of benzene rings is 1. The van der Waals surface area contributed by atoms with Gasteiger partial charge in [0, 0.05) is 23.6 Å². The lowest BCUT2D eigenvalue weighted by molar-refractivity contribution is 0.284. The van der Waals surface area contributed by atoms with E-state index in [1.165, 1.54) is 0 Å². The number of aromatic nitrogens is 2. The molecule has 0 saturated carbocycles. The lowest BCUT2D eigenvalue weighted by atomic mass is 10.2. The normalized spacial score (nSPS) is 10.6. The van der Waals surface area contributed by atoms with E-state index in [0.29, 0.717) is 28.5 Å². The first kappa shape index (κ1) is 15.2. The second-order valence-corrected chi connectivity index (χ2v) is 5.20. The molecule has 0 unspecified atom stereocenters. The van der Waals surface area contributed by atoms with Crippen molar-refractivity contribution >= 4 is 27.5 Å². The Kier molecular flexibility index (Phi) is 5.31. The smallest absolute Gasteiger partial charge is 0.180 e. The van der Waals surface area contributed by atoms with Gasteiger partial charge in [-0.25, -0.2) is 0 Å². The Morgan fingerprint density at radius 3 is 2.75 bits per heavy atom. The number of halogens is 2. The van der Waals surface area contributed by atoms with E-state index in [-0.39, 0.29) is 0 Å². The monoisotopic (exact) mass is 358 g/mol. The molecule has 1 heterocycles. The van der Waals surface area contributed by atoms with Gasteiger partial charge in [-0.05, 0) is 24.6 Å². The molecule has 2 aromatic rings. The number of rotatable bonds is 6. The number of hydrogen-bond donors (Lipinski definition) is 0. The maximum atomic E-state index is 6.24. The Hall–Kier alpha value is -1.20. The maximum absolute atomic E-state index is 6.24. The second-order valence-electron chi connectivity index (χ2n) is 4.24. The molecule has 0 spiro atoms. The zero-order valence-electron chi connectivity index (χ0n) is 11.4. The van der Waals surface area contributed by atoms with Gasteiger partial charge in [-0.3, -0.25) is 4.68 Å². The van der Waals surface area contributed by atoms with Crippen molar-refractivity contribution in [3.05, 3.63) is 40.7 Å². The van der Waals surface area contributed by atoms with Crippen LogP contribution in [0.25, 0.3) is 0 Å². The van der Waals surface area contributed by atoms with Gasteiger partial charge < -0.3 is 9.47 Å². The third-order valence-corrected chi connectivity index (χ3v) is 3.77. The van der Waals surface area contributed by atoms with Gasteiger partial charge in [0.2, 0.25) is 0 Å². The SMILES string of the molecule is CCn1cc(COc2c(Cl)cc(CBr)cc2OC)cn1. The van der Waals surface area contributed by atoms with Gasteiger partial charge in [0.25, 0.3) is 0 Å². The molecule has 1 aromatic heterocycles. The molecule has 0 radical (unpaired) electrons. The summed E-state index contributed by atoms with van der Waals surface area (Å²) in [6.45, 7) is 3.28. The molecule has 0 saturated heterocycles. The minimum atomic E-state index is 0.406. The summed E-state index contributed by atoms with van der Waals surface area (Å²) in [7, 11) is 1.60. The quantitative estimate of drug-likeness (QED) is 0.730. The second kappa shape index (κ2) is 6.99. The van der Waals surface area contributed by atoms with Crippen LogP contribution in [0, 0.1) is 0 Å². The molecule has 0 amide bonds. The van der Waals surface area contributed by atoms with Gasteiger partial charge in [-0.15, -0.1) is 0 Å². The van der Waals surface area contributed by atoms with Gasteiger partial charge in [0.15, 0.2) is 11.5 Å². The molecule has 0 N–H and O–H groups in total. The van der Waals surface area contributed by atoms with E-state index < -0.39 is 0 Å². The zero-order chi connectivity index (χ0) is 14.5. The summed E-state index contributed by atoms with van der Waals surface area (Å²) < 4.78 is 13.0. The fourth-order valence-electron chi connectivity index (χ4n) is 1.80. The van der Waals surface area contributed by atoms with Crippen molar-refractivity contribution in [3.63, 3.8) is 0 Å². The summed E-state index contributed by atoms with van der Waals surface area (Å²) in [5.74, 6) is 1.19. The minimum Gasteiger partial charge on any atom is -0.493 e. The van der Waals surface area contributed by atoms with Crippen LogP contribution in [0.5, 0.6) is 11.5 Å². The van der Waals surface area contributed by atoms with Crippen LogP contribution in [-0.2, 0) is 18.5 Å². The number of methoxy groups -OCH3 is 1. The van der Waals surface area contributed by atoms with Crippen LogP contribution in [0.4, 0.5) is 0 Å². The Morgan fingerprint density at radius 1 is 1.35 bits per heavy atom. The fourth-order valence-corrected chi connectivity index (χ4v) is 2.41. The largest absolute Gasteiger partial charge is 0.493 e. The van der Waals surface area contributed by atoms with E-state index in [1.807, 2.05) is 29.9 Å². The molecular weight excluding hydrogens is 344 g/mol. The molecule has 0 atom stereocenters. The maximum Gasteiger partial charge on any atom is 0.180 e. The van der Waals surface area contributed by atoms with Crippen LogP contribution in [0.2, 0.25) is 5.02 Å². The highest BCUT2D eigenvalue weighted by molar-refractivity contribution is 9.08.